The normalized spacial score (nSPS) is 15.9. The molecular formula is C35H45ClN6O5Si. The van der Waals surface area contributed by atoms with E-state index in [1.807, 2.05) is 34.9 Å². The molecule has 0 unspecified atom stereocenters. The van der Waals surface area contributed by atoms with E-state index in [4.69, 9.17) is 25.8 Å². The fourth-order valence-electron chi connectivity index (χ4n) is 5.60. The third-order valence-corrected chi connectivity index (χ3v) is 10.5. The number of β-amino-alcohol motifs (C(OH)–C–C–N with tert-alkyl or cyclic N) is 1. The number of carbonyl (C=O) groups excluding carboxylic acids is 1. The van der Waals surface area contributed by atoms with Gasteiger partial charge in [0.05, 0.1) is 21.8 Å². The molecule has 256 valence electrons. The van der Waals surface area contributed by atoms with Crippen LogP contribution in [-0.2, 0) is 11.5 Å². The molecule has 2 fully saturated rings. The minimum absolute atomic E-state index is 0.240. The molecule has 1 saturated carbocycles. The molecule has 1 aliphatic heterocycles. The van der Waals surface area contributed by atoms with E-state index in [0.29, 0.717) is 59.0 Å². The van der Waals surface area contributed by atoms with Crippen LogP contribution in [0.4, 0.5) is 10.5 Å². The van der Waals surface area contributed by atoms with E-state index in [2.05, 4.69) is 45.1 Å². The first kappa shape index (κ1) is 34.2. The number of fused-ring (bicyclic) bond motifs is 1. The van der Waals surface area contributed by atoms with Crippen LogP contribution in [-0.4, -0.2) is 83.6 Å². The van der Waals surface area contributed by atoms with Crippen molar-refractivity contribution in [3.63, 3.8) is 0 Å². The van der Waals surface area contributed by atoms with Crippen LogP contribution in [0, 0.1) is 0 Å². The lowest BCUT2D eigenvalue weighted by atomic mass is 10.1. The highest BCUT2D eigenvalue weighted by molar-refractivity contribution is 6.76. The summed E-state index contributed by atoms with van der Waals surface area (Å²) in [7, 11) is -1.27. The Morgan fingerprint density at radius 1 is 1.06 bits per heavy atom. The summed E-state index contributed by atoms with van der Waals surface area (Å²) in [6.07, 6.45) is 5.32. The predicted molar refractivity (Wildman–Crippen MR) is 191 cm³/mol. The molecule has 13 heteroatoms. The predicted octanol–water partition coefficient (Wildman–Crippen LogP) is 6.98. The first-order chi connectivity index (χ1) is 23.1. The van der Waals surface area contributed by atoms with Crippen molar-refractivity contribution in [3.8, 4) is 28.6 Å². The number of hydrogen-bond donors (Lipinski definition) is 3. The molecule has 0 bridgehead atoms. The first-order valence-electron chi connectivity index (χ1n) is 16.7. The van der Waals surface area contributed by atoms with Crippen LogP contribution in [0.15, 0.2) is 54.9 Å². The molecule has 1 saturated heterocycles. The maximum atomic E-state index is 12.2. The summed E-state index contributed by atoms with van der Waals surface area (Å²) in [6.45, 7) is 10.9. The summed E-state index contributed by atoms with van der Waals surface area (Å²) in [5.41, 5.74) is 3.01. The molecule has 1 atom stereocenters. The van der Waals surface area contributed by atoms with Gasteiger partial charge in [0.2, 0.25) is 5.88 Å². The summed E-state index contributed by atoms with van der Waals surface area (Å²) in [5, 5.41) is 17.2. The molecule has 11 nitrogen and oxygen atoms in total. The Balaban J connectivity index is 1.20. The maximum absolute atomic E-state index is 12.2. The topological polar surface area (TPSA) is 123 Å². The maximum Gasteiger partial charge on any atom is 0.319 e. The lowest BCUT2D eigenvalue weighted by Gasteiger charge is -2.19. The van der Waals surface area contributed by atoms with Gasteiger partial charge in [-0.2, -0.15) is 0 Å². The summed E-state index contributed by atoms with van der Waals surface area (Å²) in [6, 6.07) is 15.9. The fourth-order valence-corrected chi connectivity index (χ4v) is 6.57. The number of urea groups is 1. The lowest BCUT2D eigenvalue weighted by Crippen LogP contribution is -2.33. The minimum atomic E-state index is -1.27. The molecule has 48 heavy (non-hydrogen) atoms. The zero-order valence-electron chi connectivity index (χ0n) is 27.9. The van der Waals surface area contributed by atoms with Crippen LogP contribution < -0.4 is 20.1 Å². The second-order valence-electron chi connectivity index (χ2n) is 13.8. The quantitative estimate of drug-likeness (QED) is 0.0902. The van der Waals surface area contributed by atoms with Gasteiger partial charge in [-0.25, -0.2) is 14.8 Å². The highest BCUT2D eigenvalue weighted by atomic mass is 35.5. The number of aromatic nitrogens is 3. The van der Waals surface area contributed by atoms with Gasteiger partial charge in [-0.1, -0.05) is 31.2 Å². The highest BCUT2D eigenvalue weighted by Gasteiger charge is 2.24. The number of ether oxygens (including phenoxy) is 3. The van der Waals surface area contributed by atoms with Gasteiger partial charge >= 0.3 is 6.03 Å². The van der Waals surface area contributed by atoms with E-state index >= 15 is 0 Å². The number of aliphatic hydroxyl groups is 1. The van der Waals surface area contributed by atoms with Gasteiger partial charge in [-0.05, 0) is 92.8 Å². The largest absolute Gasteiger partial charge is 0.491 e. The fraction of sp³-hybridized carbons (Fsp3) is 0.457. The SMILES string of the molecule is C[Si](C)(C)CCOCn1c(-c2ccc(OC[C@@H](O)CN3CCCC3)cc2)cc2c(Oc3ccc(NC(=O)NC4CC4)c(Cl)c3)ncnc21. The van der Waals surface area contributed by atoms with E-state index in [9.17, 15) is 9.90 Å². The van der Waals surface area contributed by atoms with Gasteiger partial charge in [0, 0.05) is 33.3 Å². The number of rotatable bonds is 15. The number of benzene rings is 2. The van der Waals surface area contributed by atoms with Crippen LogP contribution in [0.3, 0.4) is 0 Å². The monoisotopic (exact) mass is 692 g/mol. The van der Waals surface area contributed by atoms with Gasteiger partial charge in [-0.3, -0.25) is 0 Å². The summed E-state index contributed by atoms with van der Waals surface area (Å²) in [4.78, 5) is 23.6. The number of anilines is 1. The summed E-state index contributed by atoms with van der Waals surface area (Å²) < 4.78 is 20.4. The van der Waals surface area contributed by atoms with Gasteiger partial charge < -0.3 is 39.4 Å². The second-order valence-corrected chi connectivity index (χ2v) is 19.9. The van der Waals surface area contributed by atoms with Gasteiger partial charge in [0.1, 0.15) is 42.9 Å². The van der Waals surface area contributed by atoms with E-state index in [-0.39, 0.29) is 18.7 Å². The van der Waals surface area contributed by atoms with Crippen molar-refractivity contribution in [2.45, 2.75) is 70.2 Å². The van der Waals surface area contributed by atoms with Crippen molar-refractivity contribution in [1.82, 2.24) is 24.8 Å². The van der Waals surface area contributed by atoms with Crippen LogP contribution in [0.2, 0.25) is 30.7 Å². The van der Waals surface area contributed by atoms with Crippen molar-refractivity contribution in [2.75, 3.05) is 38.2 Å². The number of carbonyl (C=O) groups is 1. The number of hydrogen-bond acceptors (Lipinski definition) is 8. The third kappa shape index (κ3) is 9.26. The summed E-state index contributed by atoms with van der Waals surface area (Å²) in [5.74, 6) is 1.54. The lowest BCUT2D eigenvalue weighted by molar-refractivity contribution is 0.0758. The molecule has 1 aliphatic carbocycles. The Bertz CT molecular complexity index is 1700. The smallest absolute Gasteiger partial charge is 0.319 e. The molecule has 3 N–H and O–H groups in total. The Morgan fingerprint density at radius 2 is 1.81 bits per heavy atom. The number of nitrogens with one attached hydrogen (secondary N) is 2. The van der Waals surface area contributed by atoms with Crippen molar-refractivity contribution in [3.05, 3.63) is 59.9 Å². The average molecular weight is 693 g/mol. The standard InChI is InChI=1S/C35H45ClN6O5Si/c1-48(2,3)17-16-45-23-42-32(24-6-10-27(11-7-24)46-21-26(43)20-41-14-4-5-15-41)19-29-33(42)37-22-38-34(29)47-28-12-13-31(30(36)18-28)40-35(44)39-25-8-9-25/h6-7,10-13,18-19,22,25-26,43H,4-5,8-9,14-17,20-21,23H2,1-3H3,(H2,39,40,44)/t26-/m0/s1. The average Bonchev–Trinajstić information content (AvgIpc) is 3.55. The van der Waals surface area contributed by atoms with Crippen molar-refractivity contribution in [2.24, 2.45) is 0 Å². The third-order valence-electron chi connectivity index (χ3n) is 8.45. The number of aliphatic hydroxyl groups excluding tert-OH is 1. The molecule has 2 aromatic carbocycles. The van der Waals surface area contributed by atoms with E-state index in [1.165, 1.54) is 19.2 Å². The Kier molecular flexibility index (Phi) is 10.9. The highest BCUT2D eigenvalue weighted by Crippen LogP contribution is 2.36. The Hall–Kier alpha value is -3.68. The number of halogens is 1. The van der Waals surface area contributed by atoms with E-state index in [1.54, 1.807) is 18.2 Å². The summed E-state index contributed by atoms with van der Waals surface area (Å²) >= 11 is 6.51. The molecule has 2 amide bonds. The van der Waals surface area contributed by atoms with Gasteiger partial charge in [-0.15, -0.1) is 0 Å². The Labute approximate surface area is 287 Å². The molecule has 2 aromatic heterocycles. The number of nitrogens with zero attached hydrogens (tertiary/aromatic N) is 4. The van der Waals surface area contributed by atoms with Gasteiger partial charge in [0.15, 0.2) is 0 Å². The number of likely N-dealkylation sites (tertiary alicyclic amines) is 1. The van der Waals surface area contributed by atoms with E-state index < -0.39 is 14.2 Å². The van der Waals surface area contributed by atoms with Crippen LogP contribution in [0.1, 0.15) is 25.7 Å². The van der Waals surface area contributed by atoms with Crippen molar-refractivity contribution >= 4 is 42.4 Å². The van der Waals surface area contributed by atoms with Crippen molar-refractivity contribution in [1.29, 1.82) is 0 Å². The second kappa shape index (κ2) is 15.3. The molecule has 0 spiro atoms. The molecule has 0 radical (unpaired) electrons. The minimum Gasteiger partial charge on any atom is -0.491 e. The molecule has 3 heterocycles. The Morgan fingerprint density at radius 3 is 2.52 bits per heavy atom. The zero-order valence-corrected chi connectivity index (χ0v) is 29.6. The van der Waals surface area contributed by atoms with Crippen LogP contribution in [0.5, 0.6) is 17.4 Å². The van der Waals surface area contributed by atoms with Crippen LogP contribution >= 0.6 is 11.6 Å². The first-order valence-corrected chi connectivity index (χ1v) is 20.8. The van der Waals surface area contributed by atoms with Crippen molar-refractivity contribution < 1.29 is 24.1 Å². The van der Waals surface area contributed by atoms with E-state index in [0.717, 1.165) is 43.2 Å². The van der Waals surface area contributed by atoms with Gasteiger partial charge in [0.25, 0.3) is 0 Å². The molecule has 6 rings (SSSR count). The number of amides is 2. The zero-order chi connectivity index (χ0) is 33.7. The van der Waals surface area contributed by atoms with Crippen LogP contribution in [0.25, 0.3) is 22.3 Å². The molecule has 4 aromatic rings. The molecular weight excluding hydrogens is 648 g/mol. The molecule has 2 aliphatic rings.